The van der Waals surface area contributed by atoms with Gasteiger partial charge in [-0.15, -0.1) is 0 Å². The minimum absolute atomic E-state index is 0.232. The molecule has 1 aromatic heterocycles. The predicted octanol–water partition coefficient (Wildman–Crippen LogP) is 4.28. The van der Waals surface area contributed by atoms with Crippen molar-refractivity contribution in [3.05, 3.63) is 94.0 Å². The van der Waals surface area contributed by atoms with E-state index in [1.54, 1.807) is 29.2 Å². The lowest BCUT2D eigenvalue weighted by atomic mass is 10.0. The Kier molecular flexibility index (Phi) is 4.28. The Morgan fingerprint density at radius 2 is 1.70 bits per heavy atom. The molecule has 148 valence electrons. The number of halogens is 1. The van der Waals surface area contributed by atoms with E-state index in [9.17, 15) is 14.0 Å². The van der Waals surface area contributed by atoms with Crippen LogP contribution in [0, 0.1) is 5.82 Å². The molecule has 2 N–H and O–H groups in total. The minimum atomic E-state index is -0.296. The number of hydrogen-bond acceptors (Lipinski definition) is 3. The third kappa shape index (κ3) is 3.20. The molecule has 6 nitrogen and oxygen atoms in total. The van der Waals surface area contributed by atoms with Gasteiger partial charge in [0.2, 0.25) is 0 Å². The lowest BCUT2D eigenvalue weighted by Gasteiger charge is -2.16. The molecule has 0 saturated carbocycles. The average molecular weight is 400 g/mol. The van der Waals surface area contributed by atoms with Gasteiger partial charge in [0.15, 0.2) is 0 Å². The van der Waals surface area contributed by atoms with Crippen molar-refractivity contribution in [2.75, 3.05) is 5.32 Å². The molecular formula is C23H17FN4O2. The number of benzene rings is 3. The maximum atomic E-state index is 13.4. The Bertz CT molecular complexity index is 1330. The van der Waals surface area contributed by atoms with Crippen molar-refractivity contribution >= 4 is 22.5 Å². The first-order valence-electron chi connectivity index (χ1n) is 9.49. The van der Waals surface area contributed by atoms with Crippen LogP contribution < -0.4 is 10.9 Å². The number of fused-ring (bicyclic) bond motifs is 2. The highest BCUT2D eigenvalue weighted by molar-refractivity contribution is 5.94. The zero-order valence-corrected chi connectivity index (χ0v) is 15.9. The Morgan fingerprint density at radius 3 is 2.50 bits per heavy atom. The molecular weight excluding hydrogens is 383 g/mol. The molecule has 0 unspecified atom stereocenters. The first-order valence-corrected chi connectivity index (χ1v) is 9.49. The third-order valence-electron chi connectivity index (χ3n) is 5.28. The summed E-state index contributed by atoms with van der Waals surface area (Å²) in [6.45, 7) is 0.830. The van der Waals surface area contributed by atoms with Crippen LogP contribution >= 0.6 is 0 Å². The lowest BCUT2D eigenvalue weighted by Crippen LogP contribution is -2.30. The van der Waals surface area contributed by atoms with Gasteiger partial charge in [0.1, 0.15) is 5.82 Å². The van der Waals surface area contributed by atoms with Crippen LogP contribution in [0.5, 0.6) is 0 Å². The van der Waals surface area contributed by atoms with Crippen LogP contribution in [0.3, 0.4) is 0 Å². The van der Waals surface area contributed by atoms with E-state index in [0.29, 0.717) is 29.9 Å². The van der Waals surface area contributed by atoms with E-state index < -0.39 is 0 Å². The maximum Gasteiger partial charge on any atom is 0.322 e. The van der Waals surface area contributed by atoms with Gasteiger partial charge in [0.05, 0.1) is 11.1 Å². The summed E-state index contributed by atoms with van der Waals surface area (Å²) in [5.74, 6) is -0.296. The van der Waals surface area contributed by atoms with Crippen molar-refractivity contribution in [1.82, 2.24) is 15.1 Å². The second kappa shape index (κ2) is 7.11. The first kappa shape index (κ1) is 18.1. The quantitative estimate of drug-likeness (QED) is 0.527. The van der Waals surface area contributed by atoms with Gasteiger partial charge in [-0.25, -0.2) is 14.3 Å². The Balaban J connectivity index is 1.35. The van der Waals surface area contributed by atoms with Gasteiger partial charge in [-0.1, -0.05) is 36.4 Å². The summed E-state index contributed by atoms with van der Waals surface area (Å²) in [5.41, 5.74) is 3.68. The summed E-state index contributed by atoms with van der Waals surface area (Å²) in [6, 6.07) is 18.9. The van der Waals surface area contributed by atoms with Gasteiger partial charge in [-0.05, 0) is 41.5 Å². The van der Waals surface area contributed by atoms with E-state index in [1.807, 2.05) is 30.3 Å². The molecule has 0 radical (unpaired) electrons. The summed E-state index contributed by atoms with van der Waals surface area (Å²) >= 11 is 0. The largest absolute Gasteiger partial charge is 0.322 e. The van der Waals surface area contributed by atoms with Crippen LogP contribution in [0.2, 0.25) is 0 Å². The van der Waals surface area contributed by atoms with Crippen LogP contribution in [0.4, 0.5) is 14.9 Å². The number of carbonyl (C=O) groups is 1. The molecule has 0 aliphatic carbocycles. The minimum Gasteiger partial charge on any atom is -0.316 e. The molecule has 1 aliphatic rings. The number of nitrogens with one attached hydrogen (secondary N) is 2. The number of urea groups is 1. The van der Waals surface area contributed by atoms with Crippen LogP contribution in [0.1, 0.15) is 11.1 Å². The monoisotopic (exact) mass is 400 g/mol. The molecule has 0 fully saturated rings. The first-order chi connectivity index (χ1) is 14.6. The zero-order chi connectivity index (χ0) is 20.7. The molecule has 30 heavy (non-hydrogen) atoms. The number of carbonyl (C=O) groups excluding carboxylic acids is 1. The van der Waals surface area contributed by atoms with Crippen LogP contribution in [0.15, 0.2) is 71.5 Å². The molecule has 0 spiro atoms. The highest BCUT2D eigenvalue weighted by atomic mass is 19.1. The van der Waals surface area contributed by atoms with Gasteiger partial charge in [-0.3, -0.25) is 4.79 Å². The van der Waals surface area contributed by atoms with E-state index in [4.69, 9.17) is 0 Å². The highest BCUT2D eigenvalue weighted by Gasteiger charge is 2.23. The molecule has 4 aromatic rings. The normalized spacial score (nSPS) is 12.8. The zero-order valence-electron chi connectivity index (χ0n) is 15.9. The van der Waals surface area contributed by atoms with Crippen LogP contribution in [-0.2, 0) is 13.1 Å². The number of nitrogens with zero attached hydrogens (tertiary/aromatic N) is 2. The Hall–Kier alpha value is -4.00. The van der Waals surface area contributed by atoms with Crippen molar-refractivity contribution in [3.8, 4) is 11.3 Å². The van der Waals surface area contributed by atoms with Crippen LogP contribution in [-0.4, -0.2) is 21.1 Å². The number of amides is 2. The SMILES string of the molecule is O=C(Nc1ccc(-c2n[nH]c(=O)c3ccccc23)cc1)N1Cc2ccc(F)cc2C1. The Morgan fingerprint density at radius 1 is 0.967 bits per heavy atom. The van der Waals surface area contributed by atoms with Crippen molar-refractivity contribution < 1.29 is 9.18 Å². The van der Waals surface area contributed by atoms with E-state index in [-0.39, 0.29) is 17.4 Å². The highest BCUT2D eigenvalue weighted by Crippen LogP contribution is 2.27. The fraction of sp³-hybridized carbons (Fsp3) is 0.0870. The summed E-state index contributed by atoms with van der Waals surface area (Å²) in [4.78, 5) is 26.2. The fourth-order valence-corrected chi connectivity index (χ4v) is 3.76. The summed E-state index contributed by atoms with van der Waals surface area (Å²) in [6.07, 6.45) is 0. The molecule has 3 aromatic carbocycles. The number of anilines is 1. The number of H-pyrrole nitrogens is 1. The summed E-state index contributed by atoms with van der Waals surface area (Å²) in [5, 5.41) is 10.9. The van der Waals surface area contributed by atoms with Gasteiger partial charge >= 0.3 is 6.03 Å². The lowest BCUT2D eigenvalue weighted by molar-refractivity contribution is 0.212. The fourth-order valence-electron chi connectivity index (χ4n) is 3.76. The van der Waals surface area contributed by atoms with E-state index in [1.165, 1.54) is 12.1 Å². The molecule has 5 rings (SSSR count). The summed E-state index contributed by atoms with van der Waals surface area (Å²) in [7, 11) is 0. The molecule has 0 saturated heterocycles. The van der Waals surface area contributed by atoms with Gasteiger partial charge in [0.25, 0.3) is 5.56 Å². The average Bonchev–Trinajstić information content (AvgIpc) is 3.18. The van der Waals surface area contributed by atoms with Gasteiger partial charge < -0.3 is 10.2 Å². The number of aromatic nitrogens is 2. The molecule has 0 bridgehead atoms. The topological polar surface area (TPSA) is 78.1 Å². The number of rotatable bonds is 2. The van der Waals surface area contributed by atoms with Gasteiger partial charge in [-0.2, -0.15) is 5.10 Å². The molecule has 1 aliphatic heterocycles. The molecule has 7 heteroatoms. The van der Waals surface area contributed by atoms with Crippen molar-refractivity contribution in [2.24, 2.45) is 0 Å². The summed E-state index contributed by atoms with van der Waals surface area (Å²) < 4.78 is 13.4. The standard InChI is InChI=1S/C23H17FN4O2/c24-17-8-5-15-12-28(13-16(15)11-17)23(30)25-18-9-6-14(7-10-18)21-19-3-1-2-4-20(19)22(29)27-26-21/h1-11H,12-13H2,(H,25,30)(H,27,29). The molecule has 2 heterocycles. The second-order valence-corrected chi connectivity index (χ2v) is 7.22. The molecule has 2 amide bonds. The van der Waals surface area contributed by atoms with E-state index in [0.717, 1.165) is 22.1 Å². The van der Waals surface area contributed by atoms with Crippen molar-refractivity contribution in [2.45, 2.75) is 13.1 Å². The smallest absolute Gasteiger partial charge is 0.316 e. The predicted molar refractivity (Wildman–Crippen MR) is 112 cm³/mol. The number of hydrogen-bond donors (Lipinski definition) is 2. The van der Waals surface area contributed by atoms with Crippen molar-refractivity contribution in [1.29, 1.82) is 0 Å². The third-order valence-corrected chi connectivity index (χ3v) is 5.28. The molecule has 0 atom stereocenters. The maximum absolute atomic E-state index is 13.4. The number of aromatic amines is 1. The second-order valence-electron chi connectivity index (χ2n) is 7.22. The van der Waals surface area contributed by atoms with E-state index >= 15 is 0 Å². The van der Waals surface area contributed by atoms with E-state index in [2.05, 4.69) is 15.5 Å². The van der Waals surface area contributed by atoms with Crippen molar-refractivity contribution in [3.63, 3.8) is 0 Å². The van der Waals surface area contributed by atoms with Crippen LogP contribution in [0.25, 0.3) is 22.0 Å². The Labute approximate surface area is 171 Å². The van der Waals surface area contributed by atoms with Gasteiger partial charge in [0, 0.05) is 29.7 Å².